The van der Waals surface area contributed by atoms with Crippen LogP contribution >= 0.6 is 0 Å². The largest absolute Gasteiger partial charge is 0.481 e. The number of H-pyrrole nitrogens is 1. The molecule has 10 nitrogen and oxygen atoms in total. The van der Waals surface area contributed by atoms with Crippen LogP contribution in [0.3, 0.4) is 0 Å². The number of anilines is 1. The van der Waals surface area contributed by atoms with Gasteiger partial charge in [0.25, 0.3) is 0 Å². The molecule has 1 saturated heterocycles. The second-order valence-corrected chi connectivity index (χ2v) is 7.23. The van der Waals surface area contributed by atoms with Crippen molar-refractivity contribution < 1.29 is 29.4 Å². The number of fused-ring (bicyclic) bond motifs is 1. The number of nitrogens with one attached hydrogen (secondary N) is 2. The number of aromatic nitrogens is 1. The molecule has 0 bridgehead atoms. The number of carboxylic acid groups (broad SMARTS) is 2. The summed E-state index contributed by atoms with van der Waals surface area (Å²) in [5, 5.41) is 21.9. The summed E-state index contributed by atoms with van der Waals surface area (Å²) in [6, 6.07) is 4.19. The van der Waals surface area contributed by atoms with Crippen molar-refractivity contribution in [2.45, 2.75) is 25.8 Å². The minimum Gasteiger partial charge on any atom is -0.481 e. The molecule has 3 rings (SSSR count). The van der Waals surface area contributed by atoms with Crippen LogP contribution in [-0.4, -0.2) is 74.9 Å². The molecule has 2 heterocycles. The van der Waals surface area contributed by atoms with Gasteiger partial charge in [0.2, 0.25) is 11.8 Å². The van der Waals surface area contributed by atoms with E-state index in [-0.39, 0.29) is 18.7 Å². The van der Waals surface area contributed by atoms with Gasteiger partial charge in [-0.1, -0.05) is 0 Å². The molecule has 0 radical (unpaired) electrons. The van der Waals surface area contributed by atoms with Crippen LogP contribution in [0.4, 0.5) is 5.69 Å². The van der Waals surface area contributed by atoms with Gasteiger partial charge in [0.1, 0.15) is 6.04 Å². The van der Waals surface area contributed by atoms with Gasteiger partial charge < -0.3 is 25.4 Å². The van der Waals surface area contributed by atoms with Gasteiger partial charge in [-0.15, -0.1) is 0 Å². The van der Waals surface area contributed by atoms with E-state index in [1.54, 1.807) is 29.3 Å². The molecule has 160 valence electrons. The second kappa shape index (κ2) is 8.95. The highest BCUT2D eigenvalue weighted by molar-refractivity contribution is 5.96. The van der Waals surface area contributed by atoms with E-state index in [2.05, 4.69) is 10.3 Å². The average molecular weight is 416 g/mol. The Labute approximate surface area is 172 Å². The maximum atomic E-state index is 12.1. The van der Waals surface area contributed by atoms with Crippen molar-refractivity contribution in [3.8, 4) is 0 Å². The van der Waals surface area contributed by atoms with Crippen LogP contribution in [0, 0.1) is 0 Å². The van der Waals surface area contributed by atoms with Gasteiger partial charge in [-0.2, -0.15) is 0 Å². The van der Waals surface area contributed by atoms with Crippen molar-refractivity contribution in [2.75, 3.05) is 31.5 Å². The van der Waals surface area contributed by atoms with Gasteiger partial charge in [0.15, 0.2) is 0 Å². The van der Waals surface area contributed by atoms with E-state index in [1.165, 1.54) is 6.92 Å². The number of rotatable bonds is 7. The summed E-state index contributed by atoms with van der Waals surface area (Å²) < 4.78 is 0. The summed E-state index contributed by atoms with van der Waals surface area (Å²) >= 11 is 0. The van der Waals surface area contributed by atoms with Crippen molar-refractivity contribution >= 4 is 40.3 Å². The number of nitrogens with zero attached hydrogens (tertiary/aromatic N) is 2. The van der Waals surface area contributed by atoms with Crippen molar-refractivity contribution in [3.05, 3.63) is 30.0 Å². The molecule has 0 unspecified atom stereocenters. The maximum absolute atomic E-state index is 12.1. The topological polar surface area (TPSA) is 143 Å². The van der Waals surface area contributed by atoms with Crippen molar-refractivity contribution in [1.29, 1.82) is 0 Å². The van der Waals surface area contributed by atoms with Gasteiger partial charge in [0, 0.05) is 67.9 Å². The number of aromatic amines is 1. The molecule has 1 aliphatic heterocycles. The van der Waals surface area contributed by atoms with Gasteiger partial charge >= 0.3 is 11.9 Å². The molecular formula is C20H24N4O6. The zero-order valence-corrected chi connectivity index (χ0v) is 16.6. The molecule has 1 aliphatic rings. The summed E-state index contributed by atoms with van der Waals surface area (Å²) in [6.45, 7) is 3.30. The number of hydrogen-bond acceptors (Lipinski definition) is 5. The lowest BCUT2D eigenvalue weighted by Gasteiger charge is -2.37. The fourth-order valence-electron chi connectivity index (χ4n) is 3.67. The number of piperazine rings is 1. The SMILES string of the molecule is CC(=O)N1CCN([C@H](C(=O)O)c2c[nH]c3ccc(NC(=O)CCC(=O)O)cc23)CC1. The highest BCUT2D eigenvalue weighted by Crippen LogP contribution is 2.31. The average Bonchev–Trinajstić information content (AvgIpc) is 3.09. The van der Waals surface area contributed by atoms with Crippen molar-refractivity contribution in [1.82, 2.24) is 14.8 Å². The standard InChI is InChI=1S/C20H24N4O6/c1-12(25)23-6-8-24(9-7-23)19(20(29)30)15-11-21-16-3-2-13(10-14(15)16)22-17(26)4-5-18(27)28/h2-3,10-11,19,21H,4-9H2,1H3,(H,22,26)(H,27,28)(H,29,30)/t19-/m0/s1. The Kier molecular flexibility index (Phi) is 6.36. The van der Waals surface area contributed by atoms with E-state index >= 15 is 0 Å². The number of hydrogen-bond donors (Lipinski definition) is 4. The third kappa shape index (κ3) is 4.77. The molecule has 1 aromatic carbocycles. The summed E-state index contributed by atoms with van der Waals surface area (Å²) in [4.78, 5) is 52.8. The first-order valence-electron chi connectivity index (χ1n) is 9.61. The minimum absolute atomic E-state index is 0.0306. The van der Waals surface area contributed by atoms with E-state index < -0.39 is 23.9 Å². The number of benzene rings is 1. The monoisotopic (exact) mass is 416 g/mol. The Balaban J connectivity index is 1.83. The summed E-state index contributed by atoms with van der Waals surface area (Å²) in [5.41, 5.74) is 1.75. The van der Waals surface area contributed by atoms with E-state index in [0.717, 1.165) is 5.52 Å². The zero-order valence-electron chi connectivity index (χ0n) is 16.6. The number of aliphatic carboxylic acids is 2. The number of carbonyl (C=O) groups excluding carboxylic acids is 2. The second-order valence-electron chi connectivity index (χ2n) is 7.23. The van der Waals surface area contributed by atoms with Crippen molar-refractivity contribution in [2.24, 2.45) is 0 Å². The Morgan fingerprint density at radius 1 is 1.10 bits per heavy atom. The first-order chi connectivity index (χ1) is 14.3. The fraction of sp³-hybridized carbons (Fsp3) is 0.400. The van der Waals surface area contributed by atoms with Gasteiger partial charge in [0.05, 0.1) is 6.42 Å². The summed E-state index contributed by atoms with van der Waals surface area (Å²) in [6.07, 6.45) is 1.24. The lowest BCUT2D eigenvalue weighted by Crippen LogP contribution is -2.50. The minimum atomic E-state index is -1.05. The van der Waals surface area contributed by atoms with Crippen LogP contribution in [0.25, 0.3) is 10.9 Å². The molecule has 0 saturated carbocycles. The van der Waals surface area contributed by atoms with Crippen LogP contribution in [0.2, 0.25) is 0 Å². The van der Waals surface area contributed by atoms with Crippen molar-refractivity contribution in [3.63, 3.8) is 0 Å². The van der Waals surface area contributed by atoms with E-state index in [0.29, 0.717) is 42.8 Å². The fourth-order valence-corrected chi connectivity index (χ4v) is 3.67. The van der Waals surface area contributed by atoms with Gasteiger partial charge in [-0.25, -0.2) is 0 Å². The number of amides is 2. The first-order valence-corrected chi connectivity index (χ1v) is 9.61. The molecule has 0 spiro atoms. The Bertz CT molecular complexity index is 977. The number of carboxylic acids is 2. The van der Waals surface area contributed by atoms with Crippen LogP contribution < -0.4 is 5.32 Å². The molecule has 10 heteroatoms. The molecule has 1 fully saturated rings. The third-order valence-electron chi connectivity index (χ3n) is 5.22. The van der Waals surface area contributed by atoms with Gasteiger partial charge in [-0.3, -0.25) is 24.1 Å². The van der Waals surface area contributed by atoms with E-state index in [9.17, 15) is 24.3 Å². The van der Waals surface area contributed by atoms with Crippen LogP contribution in [-0.2, 0) is 19.2 Å². The lowest BCUT2D eigenvalue weighted by molar-refractivity contribution is -0.145. The molecule has 0 aliphatic carbocycles. The highest BCUT2D eigenvalue weighted by Gasteiger charge is 2.32. The lowest BCUT2D eigenvalue weighted by atomic mass is 10.0. The highest BCUT2D eigenvalue weighted by atomic mass is 16.4. The normalized spacial score (nSPS) is 15.7. The molecule has 1 atom stereocenters. The molecule has 2 amide bonds. The summed E-state index contributed by atoms with van der Waals surface area (Å²) in [5.74, 6) is -2.51. The van der Waals surface area contributed by atoms with Crippen LogP contribution in [0.1, 0.15) is 31.4 Å². The smallest absolute Gasteiger partial charge is 0.325 e. The first kappa shape index (κ1) is 21.3. The Morgan fingerprint density at radius 3 is 2.40 bits per heavy atom. The quantitative estimate of drug-likeness (QED) is 0.532. The molecule has 30 heavy (non-hydrogen) atoms. The summed E-state index contributed by atoms with van der Waals surface area (Å²) in [7, 11) is 0. The third-order valence-corrected chi connectivity index (χ3v) is 5.22. The zero-order chi connectivity index (χ0) is 21.8. The Morgan fingerprint density at radius 2 is 1.80 bits per heavy atom. The molecular weight excluding hydrogens is 392 g/mol. The molecule has 1 aromatic heterocycles. The predicted octanol–water partition coefficient (Wildman–Crippen LogP) is 1.26. The molecule has 4 N–H and O–H groups in total. The molecule has 2 aromatic rings. The van der Waals surface area contributed by atoms with E-state index in [1.807, 2.05) is 4.90 Å². The number of carbonyl (C=O) groups is 4. The van der Waals surface area contributed by atoms with Crippen LogP contribution in [0.5, 0.6) is 0 Å². The Hall–Kier alpha value is -3.40. The van der Waals surface area contributed by atoms with Gasteiger partial charge in [-0.05, 0) is 18.2 Å². The van der Waals surface area contributed by atoms with Crippen LogP contribution in [0.15, 0.2) is 24.4 Å². The van der Waals surface area contributed by atoms with E-state index in [4.69, 9.17) is 5.11 Å². The predicted molar refractivity (Wildman–Crippen MR) is 108 cm³/mol. The maximum Gasteiger partial charge on any atom is 0.325 e.